The number of unbranched alkanes of at least 4 members (excludes halogenated alkanes) is 2. The maximum Gasteiger partial charge on any atom is 0.159 e. The van der Waals surface area contributed by atoms with E-state index in [1.807, 2.05) is 13.8 Å². The molecule has 0 aromatic carbocycles. The van der Waals surface area contributed by atoms with Crippen LogP contribution < -0.4 is 0 Å². The van der Waals surface area contributed by atoms with Crippen molar-refractivity contribution in [3.8, 4) is 0 Å². The Kier molecular flexibility index (Phi) is 13.8. The van der Waals surface area contributed by atoms with Crippen LogP contribution in [0.5, 0.6) is 0 Å². The molecule has 0 aliphatic carbocycles. The van der Waals surface area contributed by atoms with Crippen molar-refractivity contribution in [3.05, 3.63) is 0 Å². The van der Waals surface area contributed by atoms with Crippen LogP contribution in [0.3, 0.4) is 0 Å². The molecule has 0 heterocycles. The smallest absolute Gasteiger partial charge is 0.159 e. The van der Waals surface area contributed by atoms with Crippen LogP contribution in [-0.4, -0.2) is 29.7 Å². The largest absolute Gasteiger partial charge is 0.393 e. The van der Waals surface area contributed by atoms with Crippen LogP contribution in [0, 0.1) is 5.92 Å². The third-order valence-corrected chi connectivity index (χ3v) is 2.40. The summed E-state index contributed by atoms with van der Waals surface area (Å²) >= 11 is 0. The molecule has 0 fully saturated rings. The van der Waals surface area contributed by atoms with Crippen LogP contribution in [0.1, 0.15) is 53.4 Å². The van der Waals surface area contributed by atoms with Gasteiger partial charge in [0.05, 0.1) is 6.10 Å². The standard InChI is InChI=1S/C10H22O3.C2H6/c1-4-5-6-7-9(11)8(2)10(12)13-3;1-2/h8-12H,4-7H2,1-3H3;1-2H3. The topological polar surface area (TPSA) is 49.7 Å². The van der Waals surface area contributed by atoms with Gasteiger partial charge in [-0.15, -0.1) is 0 Å². The maximum atomic E-state index is 9.61. The van der Waals surface area contributed by atoms with Crippen molar-refractivity contribution in [2.24, 2.45) is 5.92 Å². The highest BCUT2D eigenvalue weighted by Crippen LogP contribution is 2.15. The molecule has 0 bridgehead atoms. The summed E-state index contributed by atoms with van der Waals surface area (Å²) in [5, 5.41) is 18.9. The molecule has 3 nitrogen and oxygen atoms in total. The van der Waals surface area contributed by atoms with Crippen molar-refractivity contribution >= 4 is 0 Å². The monoisotopic (exact) mass is 220 g/mol. The fourth-order valence-corrected chi connectivity index (χ4v) is 1.27. The second kappa shape index (κ2) is 12.0. The highest BCUT2D eigenvalue weighted by atomic mass is 16.6. The first-order chi connectivity index (χ1) is 7.13. The Morgan fingerprint density at radius 3 is 2.07 bits per heavy atom. The molecule has 3 atom stereocenters. The molecule has 0 amide bonds. The van der Waals surface area contributed by atoms with Gasteiger partial charge in [-0.2, -0.15) is 0 Å². The molecule has 0 rings (SSSR count). The molecule has 0 aromatic rings. The number of hydrogen-bond donors (Lipinski definition) is 2. The lowest BCUT2D eigenvalue weighted by molar-refractivity contribution is -0.136. The first kappa shape index (κ1) is 17.3. The predicted molar refractivity (Wildman–Crippen MR) is 63.7 cm³/mol. The molecule has 0 saturated heterocycles. The van der Waals surface area contributed by atoms with E-state index in [9.17, 15) is 10.2 Å². The van der Waals surface area contributed by atoms with E-state index in [2.05, 4.69) is 6.92 Å². The Balaban J connectivity index is 0. The van der Waals surface area contributed by atoms with E-state index in [1.165, 1.54) is 7.11 Å². The van der Waals surface area contributed by atoms with E-state index in [0.717, 1.165) is 25.7 Å². The van der Waals surface area contributed by atoms with Crippen LogP contribution in [0.25, 0.3) is 0 Å². The van der Waals surface area contributed by atoms with Gasteiger partial charge in [0.25, 0.3) is 0 Å². The maximum absolute atomic E-state index is 9.61. The van der Waals surface area contributed by atoms with Gasteiger partial charge in [0.2, 0.25) is 0 Å². The molecular formula is C12H28O3. The number of hydrogen-bond acceptors (Lipinski definition) is 3. The van der Waals surface area contributed by atoms with E-state index in [1.54, 1.807) is 6.92 Å². The van der Waals surface area contributed by atoms with Crippen LogP contribution in [0.4, 0.5) is 0 Å². The van der Waals surface area contributed by atoms with E-state index < -0.39 is 12.4 Å². The van der Waals surface area contributed by atoms with Gasteiger partial charge in [-0.05, 0) is 6.42 Å². The Morgan fingerprint density at radius 1 is 1.13 bits per heavy atom. The van der Waals surface area contributed by atoms with Crippen molar-refractivity contribution < 1.29 is 14.9 Å². The van der Waals surface area contributed by atoms with Crippen LogP contribution in [0.15, 0.2) is 0 Å². The molecular weight excluding hydrogens is 192 g/mol. The fraction of sp³-hybridized carbons (Fsp3) is 1.00. The zero-order valence-electron chi connectivity index (χ0n) is 10.9. The predicted octanol–water partition coefficient (Wildman–Crippen LogP) is 2.55. The molecule has 0 aliphatic heterocycles. The Labute approximate surface area is 94.5 Å². The minimum absolute atomic E-state index is 0.207. The molecule has 0 radical (unpaired) electrons. The normalized spacial score (nSPS) is 16.2. The van der Waals surface area contributed by atoms with Crippen LogP contribution >= 0.6 is 0 Å². The first-order valence-corrected chi connectivity index (χ1v) is 6.02. The SMILES string of the molecule is CC.CCCCCC(O)C(C)C(O)OC. The molecule has 0 saturated carbocycles. The molecule has 15 heavy (non-hydrogen) atoms. The summed E-state index contributed by atoms with van der Waals surface area (Å²) in [7, 11) is 1.44. The van der Waals surface area contributed by atoms with Crippen molar-refractivity contribution in [1.82, 2.24) is 0 Å². The minimum atomic E-state index is -0.850. The molecule has 94 valence electrons. The number of aliphatic hydroxyl groups is 2. The number of ether oxygens (including phenoxy) is 1. The van der Waals surface area contributed by atoms with E-state index in [4.69, 9.17) is 4.74 Å². The quantitative estimate of drug-likeness (QED) is 0.512. The Hall–Kier alpha value is -0.120. The van der Waals surface area contributed by atoms with Gasteiger partial charge in [-0.3, -0.25) is 0 Å². The first-order valence-electron chi connectivity index (χ1n) is 6.02. The Morgan fingerprint density at radius 2 is 1.67 bits per heavy atom. The van der Waals surface area contributed by atoms with Crippen LogP contribution in [-0.2, 0) is 4.74 Å². The second-order valence-corrected chi connectivity index (χ2v) is 3.55. The zero-order valence-corrected chi connectivity index (χ0v) is 10.9. The highest BCUT2D eigenvalue weighted by Gasteiger charge is 2.21. The van der Waals surface area contributed by atoms with Gasteiger partial charge in [0, 0.05) is 13.0 Å². The average molecular weight is 220 g/mol. The third kappa shape index (κ3) is 8.85. The van der Waals surface area contributed by atoms with E-state index in [-0.39, 0.29) is 5.92 Å². The second-order valence-electron chi connectivity index (χ2n) is 3.55. The van der Waals surface area contributed by atoms with Gasteiger partial charge < -0.3 is 14.9 Å². The summed E-state index contributed by atoms with van der Waals surface area (Å²) < 4.78 is 4.73. The summed E-state index contributed by atoms with van der Waals surface area (Å²) in [6, 6.07) is 0. The van der Waals surface area contributed by atoms with Gasteiger partial charge in [-0.1, -0.05) is 47.0 Å². The van der Waals surface area contributed by atoms with Gasteiger partial charge in [0.15, 0.2) is 6.29 Å². The third-order valence-electron chi connectivity index (χ3n) is 2.40. The highest BCUT2D eigenvalue weighted by molar-refractivity contribution is 4.66. The van der Waals surface area contributed by atoms with Crippen molar-refractivity contribution in [3.63, 3.8) is 0 Å². The lowest BCUT2D eigenvalue weighted by atomic mass is 9.99. The fourth-order valence-electron chi connectivity index (χ4n) is 1.27. The van der Waals surface area contributed by atoms with E-state index >= 15 is 0 Å². The summed E-state index contributed by atoms with van der Waals surface area (Å²) in [6.45, 7) is 7.92. The molecule has 0 spiro atoms. The van der Waals surface area contributed by atoms with Crippen LogP contribution in [0.2, 0.25) is 0 Å². The van der Waals surface area contributed by atoms with Crippen molar-refractivity contribution in [1.29, 1.82) is 0 Å². The molecule has 3 unspecified atom stereocenters. The number of rotatable bonds is 7. The molecule has 3 heteroatoms. The summed E-state index contributed by atoms with van der Waals surface area (Å²) in [4.78, 5) is 0. The molecule has 0 aliphatic rings. The van der Waals surface area contributed by atoms with Gasteiger partial charge in [0.1, 0.15) is 0 Å². The molecule has 0 aromatic heterocycles. The molecule has 2 N–H and O–H groups in total. The summed E-state index contributed by atoms with van der Waals surface area (Å²) in [5.74, 6) is -0.207. The average Bonchev–Trinajstić information content (AvgIpc) is 2.29. The van der Waals surface area contributed by atoms with Gasteiger partial charge >= 0.3 is 0 Å². The van der Waals surface area contributed by atoms with Crippen molar-refractivity contribution in [2.75, 3.05) is 7.11 Å². The summed E-state index contributed by atoms with van der Waals surface area (Å²) in [6.07, 6.45) is 2.73. The summed E-state index contributed by atoms with van der Waals surface area (Å²) in [5.41, 5.74) is 0. The van der Waals surface area contributed by atoms with Gasteiger partial charge in [-0.25, -0.2) is 0 Å². The lowest BCUT2D eigenvalue weighted by Gasteiger charge is -2.22. The number of methoxy groups -OCH3 is 1. The number of aliphatic hydroxyl groups excluding tert-OH is 2. The van der Waals surface area contributed by atoms with Crippen molar-refractivity contribution in [2.45, 2.75) is 65.8 Å². The minimum Gasteiger partial charge on any atom is -0.393 e. The zero-order chi connectivity index (χ0) is 12.3. The van der Waals surface area contributed by atoms with E-state index in [0.29, 0.717) is 0 Å². The lowest BCUT2D eigenvalue weighted by Crippen LogP contribution is -2.30. The Bertz CT molecular complexity index is 117.